The first-order valence-corrected chi connectivity index (χ1v) is 7.14. The van der Waals surface area contributed by atoms with E-state index in [4.69, 9.17) is 4.74 Å². The lowest BCUT2D eigenvalue weighted by Gasteiger charge is -2.33. The molecule has 1 unspecified atom stereocenters. The maximum atomic E-state index is 13.8. The Balaban J connectivity index is 2.35. The monoisotopic (exact) mass is 296 g/mol. The number of benzene rings is 1. The zero-order valence-corrected chi connectivity index (χ0v) is 12.0. The highest BCUT2D eigenvalue weighted by atomic mass is 19.1. The predicted molar refractivity (Wildman–Crippen MR) is 72.6 cm³/mol. The Kier molecular flexibility index (Phi) is 4.70. The number of Topliss-reactive ketones (excluding diaryl/α,β-unsaturated/α-hetero) is 1. The first kappa shape index (κ1) is 15.6. The molecule has 2 rings (SSSR count). The van der Waals surface area contributed by atoms with Crippen molar-refractivity contribution in [2.45, 2.75) is 39.0 Å². The SMILES string of the molecule is CCOC(=O)C1(Cc2ccc(F)cc2F)CCCCC1=O. The molecule has 0 N–H and O–H groups in total. The molecule has 0 heterocycles. The molecule has 3 nitrogen and oxygen atoms in total. The zero-order valence-electron chi connectivity index (χ0n) is 12.0. The van der Waals surface area contributed by atoms with Crippen LogP contribution in [0.1, 0.15) is 38.2 Å². The quantitative estimate of drug-likeness (QED) is 0.633. The van der Waals surface area contributed by atoms with Gasteiger partial charge in [0.1, 0.15) is 17.0 Å². The van der Waals surface area contributed by atoms with Crippen molar-refractivity contribution in [1.82, 2.24) is 0 Å². The average Bonchev–Trinajstić information content (AvgIpc) is 2.44. The van der Waals surface area contributed by atoms with Gasteiger partial charge in [-0.15, -0.1) is 0 Å². The van der Waals surface area contributed by atoms with Crippen molar-refractivity contribution < 1.29 is 23.1 Å². The first-order valence-electron chi connectivity index (χ1n) is 7.14. The lowest BCUT2D eigenvalue weighted by molar-refractivity contribution is -0.162. The van der Waals surface area contributed by atoms with Gasteiger partial charge in [0.2, 0.25) is 0 Å². The van der Waals surface area contributed by atoms with Gasteiger partial charge >= 0.3 is 5.97 Å². The highest BCUT2D eigenvalue weighted by Gasteiger charge is 2.48. The van der Waals surface area contributed by atoms with Crippen LogP contribution in [0.4, 0.5) is 8.78 Å². The van der Waals surface area contributed by atoms with Gasteiger partial charge in [-0.25, -0.2) is 8.78 Å². The summed E-state index contributed by atoms with van der Waals surface area (Å²) in [5.41, 5.74) is -1.16. The van der Waals surface area contributed by atoms with E-state index in [9.17, 15) is 18.4 Å². The Hall–Kier alpha value is -1.78. The fourth-order valence-electron chi connectivity index (χ4n) is 2.83. The summed E-state index contributed by atoms with van der Waals surface area (Å²) >= 11 is 0. The number of carbonyl (C=O) groups is 2. The van der Waals surface area contributed by atoms with E-state index in [1.54, 1.807) is 6.92 Å². The maximum absolute atomic E-state index is 13.8. The highest BCUT2D eigenvalue weighted by molar-refractivity contribution is 6.04. The topological polar surface area (TPSA) is 43.4 Å². The Morgan fingerprint density at radius 3 is 2.71 bits per heavy atom. The van der Waals surface area contributed by atoms with Gasteiger partial charge in [0, 0.05) is 12.5 Å². The first-order chi connectivity index (χ1) is 9.99. The van der Waals surface area contributed by atoms with Crippen molar-refractivity contribution in [2.24, 2.45) is 5.41 Å². The van der Waals surface area contributed by atoms with Crippen LogP contribution in [0.5, 0.6) is 0 Å². The molecule has 1 fully saturated rings. The molecule has 0 aliphatic heterocycles. The number of ether oxygens (including phenoxy) is 1. The Morgan fingerprint density at radius 2 is 2.10 bits per heavy atom. The Morgan fingerprint density at radius 1 is 1.33 bits per heavy atom. The molecule has 1 aliphatic rings. The molecule has 0 aromatic heterocycles. The van der Waals surface area contributed by atoms with Crippen LogP contribution in [0.15, 0.2) is 18.2 Å². The summed E-state index contributed by atoms with van der Waals surface area (Å²) in [6.07, 6.45) is 2.01. The molecule has 0 spiro atoms. The van der Waals surface area contributed by atoms with E-state index in [-0.39, 0.29) is 24.4 Å². The average molecular weight is 296 g/mol. The number of ketones is 1. The summed E-state index contributed by atoms with van der Waals surface area (Å²) in [5.74, 6) is -2.23. The summed E-state index contributed by atoms with van der Waals surface area (Å²) in [5, 5.41) is 0. The summed E-state index contributed by atoms with van der Waals surface area (Å²) in [6, 6.07) is 3.18. The van der Waals surface area contributed by atoms with Crippen LogP contribution in [-0.4, -0.2) is 18.4 Å². The second-order valence-corrected chi connectivity index (χ2v) is 5.35. The molecule has 0 amide bonds. The third-order valence-corrected chi connectivity index (χ3v) is 3.96. The highest BCUT2D eigenvalue weighted by Crippen LogP contribution is 2.38. The van der Waals surface area contributed by atoms with Crippen LogP contribution >= 0.6 is 0 Å². The van der Waals surface area contributed by atoms with Gasteiger partial charge in [-0.3, -0.25) is 9.59 Å². The predicted octanol–water partition coefficient (Wildman–Crippen LogP) is 3.20. The smallest absolute Gasteiger partial charge is 0.319 e. The summed E-state index contributed by atoms with van der Waals surface area (Å²) < 4.78 is 31.9. The molecular formula is C16H18F2O3. The van der Waals surface area contributed by atoms with Gasteiger partial charge in [0.05, 0.1) is 6.61 Å². The van der Waals surface area contributed by atoms with Crippen molar-refractivity contribution in [3.05, 3.63) is 35.4 Å². The number of hydrogen-bond acceptors (Lipinski definition) is 3. The van der Waals surface area contributed by atoms with Crippen molar-refractivity contribution in [3.8, 4) is 0 Å². The van der Waals surface area contributed by atoms with E-state index in [2.05, 4.69) is 0 Å². The van der Waals surface area contributed by atoms with Crippen LogP contribution < -0.4 is 0 Å². The van der Waals surface area contributed by atoms with E-state index in [0.717, 1.165) is 18.6 Å². The van der Waals surface area contributed by atoms with Crippen molar-refractivity contribution in [3.63, 3.8) is 0 Å². The van der Waals surface area contributed by atoms with E-state index >= 15 is 0 Å². The Bertz CT molecular complexity index is 556. The third kappa shape index (κ3) is 3.12. The minimum atomic E-state index is -1.33. The lowest BCUT2D eigenvalue weighted by Crippen LogP contribution is -2.44. The minimum Gasteiger partial charge on any atom is -0.465 e. The molecule has 114 valence electrons. The Labute approximate surface area is 122 Å². The number of carbonyl (C=O) groups excluding carboxylic acids is 2. The molecule has 1 aromatic carbocycles. The van der Waals surface area contributed by atoms with Crippen LogP contribution in [0.25, 0.3) is 0 Å². The van der Waals surface area contributed by atoms with E-state index in [0.29, 0.717) is 19.3 Å². The zero-order chi connectivity index (χ0) is 15.5. The second-order valence-electron chi connectivity index (χ2n) is 5.35. The van der Waals surface area contributed by atoms with Crippen molar-refractivity contribution in [2.75, 3.05) is 6.61 Å². The molecule has 0 bridgehead atoms. The van der Waals surface area contributed by atoms with Crippen LogP contribution in [0, 0.1) is 17.0 Å². The molecule has 1 aromatic rings. The van der Waals surface area contributed by atoms with Gasteiger partial charge in [-0.2, -0.15) is 0 Å². The van der Waals surface area contributed by atoms with E-state index in [1.165, 1.54) is 6.07 Å². The third-order valence-electron chi connectivity index (χ3n) is 3.96. The van der Waals surface area contributed by atoms with E-state index < -0.39 is 23.0 Å². The molecule has 1 aliphatic carbocycles. The largest absolute Gasteiger partial charge is 0.465 e. The van der Waals surface area contributed by atoms with Gasteiger partial charge in [-0.05, 0) is 37.8 Å². The minimum absolute atomic E-state index is 0.0726. The van der Waals surface area contributed by atoms with E-state index in [1.807, 2.05) is 0 Å². The normalized spacial score (nSPS) is 22.1. The standard InChI is InChI=1S/C16H18F2O3/c1-2-21-15(20)16(8-4-3-5-14(16)19)10-11-6-7-12(17)9-13(11)18/h6-7,9H,2-5,8,10H2,1H3. The maximum Gasteiger partial charge on any atom is 0.319 e. The summed E-state index contributed by atoms with van der Waals surface area (Å²) in [4.78, 5) is 24.6. The van der Waals surface area contributed by atoms with Gasteiger partial charge < -0.3 is 4.74 Å². The fourth-order valence-corrected chi connectivity index (χ4v) is 2.83. The van der Waals surface area contributed by atoms with Gasteiger partial charge in [0.25, 0.3) is 0 Å². The van der Waals surface area contributed by atoms with Crippen LogP contribution in [0.2, 0.25) is 0 Å². The summed E-state index contributed by atoms with van der Waals surface area (Å²) in [6.45, 7) is 1.83. The summed E-state index contributed by atoms with van der Waals surface area (Å²) in [7, 11) is 0. The van der Waals surface area contributed by atoms with Crippen LogP contribution in [-0.2, 0) is 20.7 Å². The molecule has 1 atom stereocenters. The number of halogens is 2. The lowest BCUT2D eigenvalue weighted by atomic mass is 9.69. The number of hydrogen-bond donors (Lipinski definition) is 0. The number of esters is 1. The molecule has 0 radical (unpaired) electrons. The fraction of sp³-hybridized carbons (Fsp3) is 0.500. The number of rotatable bonds is 4. The van der Waals surface area contributed by atoms with Crippen LogP contribution in [0.3, 0.4) is 0 Å². The van der Waals surface area contributed by atoms with Crippen molar-refractivity contribution in [1.29, 1.82) is 0 Å². The molecule has 5 heteroatoms. The van der Waals surface area contributed by atoms with Gasteiger partial charge in [0.15, 0.2) is 5.78 Å². The van der Waals surface area contributed by atoms with Crippen molar-refractivity contribution >= 4 is 11.8 Å². The molecular weight excluding hydrogens is 278 g/mol. The van der Waals surface area contributed by atoms with Gasteiger partial charge in [-0.1, -0.05) is 12.5 Å². The molecule has 0 saturated heterocycles. The second kappa shape index (κ2) is 6.33. The molecule has 21 heavy (non-hydrogen) atoms. The molecule has 1 saturated carbocycles.